The summed E-state index contributed by atoms with van der Waals surface area (Å²) in [4.78, 5) is 14.0. The van der Waals surface area contributed by atoms with Crippen molar-refractivity contribution in [2.45, 2.75) is 31.7 Å². The molecule has 3 N–H and O–H groups in total. The van der Waals surface area contributed by atoms with E-state index < -0.39 is 0 Å². The molecule has 106 valence electrons. The van der Waals surface area contributed by atoms with Gasteiger partial charge in [-0.05, 0) is 26.9 Å². The molecule has 1 aromatic rings. The van der Waals surface area contributed by atoms with Crippen molar-refractivity contribution < 1.29 is 4.79 Å². The molecule has 1 saturated carbocycles. The van der Waals surface area contributed by atoms with Crippen molar-refractivity contribution in [2.75, 3.05) is 32.9 Å². The van der Waals surface area contributed by atoms with Crippen LogP contribution in [0.3, 0.4) is 0 Å². The molecule has 0 unspecified atom stereocenters. The van der Waals surface area contributed by atoms with Gasteiger partial charge in [0.15, 0.2) is 5.69 Å². The summed E-state index contributed by atoms with van der Waals surface area (Å²) >= 11 is 0. The third-order valence-corrected chi connectivity index (χ3v) is 3.52. The van der Waals surface area contributed by atoms with E-state index in [0.717, 1.165) is 19.4 Å². The molecule has 6 nitrogen and oxygen atoms in total. The lowest BCUT2D eigenvalue weighted by Crippen LogP contribution is -2.32. The summed E-state index contributed by atoms with van der Waals surface area (Å²) in [5.41, 5.74) is 6.71. The third kappa shape index (κ3) is 3.47. The van der Waals surface area contributed by atoms with E-state index in [-0.39, 0.29) is 5.91 Å². The van der Waals surface area contributed by atoms with Gasteiger partial charge < -0.3 is 16.0 Å². The van der Waals surface area contributed by atoms with Crippen molar-refractivity contribution in [1.29, 1.82) is 0 Å². The third-order valence-electron chi connectivity index (χ3n) is 3.52. The van der Waals surface area contributed by atoms with Gasteiger partial charge in [0.2, 0.25) is 0 Å². The van der Waals surface area contributed by atoms with Crippen LogP contribution in [0.5, 0.6) is 0 Å². The van der Waals surface area contributed by atoms with Crippen LogP contribution in [0.1, 0.15) is 42.2 Å². The molecule has 1 aliphatic carbocycles. The SMILES string of the molecule is CN(C)CCNC(=O)c1nn(C2CCCC2)cc1N. The first-order valence-corrected chi connectivity index (χ1v) is 6.85. The Bertz CT molecular complexity index is 434. The summed E-state index contributed by atoms with van der Waals surface area (Å²) in [6.45, 7) is 1.40. The molecule has 6 heteroatoms. The fraction of sp³-hybridized carbons (Fsp3) is 0.692. The van der Waals surface area contributed by atoms with Gasteiger partial charge in [-0.25, -0.2) is 0 Å². The van der Waals surface area contributed by atoms with Gasteiger partial charge in [0.05, 0.1) is 11.7 Å². The van der Waals surface area contributed by atoms with Crippen molar-refractivity contribution in [3.63, 3.8) is 0 Å². The smallest absolute Gasteiger partial charge is 0.273 e. The molecular weight excluding hydrogens is 242 g/mol. The van der Waals surface area contributed by atoms with E-state index in [1.54, 1.807) is 6.20 Å². The van der Waals surface area contributed by atoms with Crippen LogP contribution in [0.4, 0.5) is 5.69 Å². The minimum absolute atomic E-state index is 0.184. The molecule has 1 aliphatic rings. The summed E-state index contributed by atoms with van der Waals surface area (Å²) in [7, 11) is 3.94. The molecular formula is C13H23N5O. The van der Waals surface area contributed by atoms with Crippen LogP contribution in [0.25, 0.3) is 0 Å². The monoisotopic (exact) mass is 265 g/mol. The Labute approximate surface area is 113 Å². The van der Waals surface area contributed by atoms with Crippen LogP contribution in [0.2, 0.25) is 0 Å². The Balaban J connectivity index is 1.97. The summed E-state index contributed by atoms with van der Waals surface area (Å²) in [6, 6.07) is 0.408. The minimum Gasteiger partial charge on any atom is -0.396 e. The number of amides is 1. The van der Waals surface area contributed by atoms with E-state index in [9.17, 15) is 4.79 Å². The Morgan fingerprint density at radius 3 is 2.84 bits per heavy atom. The summed E-state index contributed by atoms with van der Waals surface area (Å²) in [6.07, 6.45) is 6.51. The van der Waals surface area contributed by atoms with E-state index in [1.165, 1.54) is 12.8 Å². The molecule has 0 saturated heterocycles. The van der Waals surface area contributed by atoms with Crippen LogP contribution >= 0.6 is 0 Å². The second-order valence-corrected chi connectivity index (χ2v) is 5.41. The van der Waals surface area contributed by atoms with Gasteiger partial charge in [0, 0.05) is 19.3 Å². The molecule has 1 heterocycles. The molecule has 0 aromatic carbocycles. The Morgan fingerprint density at radius 2 is 2.21 bits per heavy atom. The molecule has 0 aliphatic heterocycles. The van der Waals surface area contributed by atoms with Gasteiger partial charge in [0.1, 0.15) is 0 Å². The standard InChI is InChI=1S/C13H23N5O/c1-17(2)8-7-15-13(19)12-11(14)9-18(16-12)10-5-3-4-6-10/h9-10H,3-8,14H2,1-2H3,(H,15,19). The largest absolute Gasteiger partial charge is 0.396 e. The Kier molecular flexibility index (Phi) is 4.42. The van der Waals surface area contributed by atoms with Gasteiger partial charge >= 0.3 is 0 Å². The van der Waals surface area contributed by atoms with Crippen LogP contribution in [-0.2, 0) is 0 Å². The first kappa shape index (κ1) is 13.9. The number of likely N-dealkylation sites (N-methyl/N-ethyl adjacent to an activating group) is 1. The molecule has 0 atom stereocenters. The van der Waals surface area contributed by atoms with Crippen LogP contribution < -0.4 is 11.1 Å². The second-order valence-electron chi connectivity index (χ2n) is 5.41. The number of hydrogen-bond donors (Lipinski definition) is 2. The molecule has 19 heavy (non-hydrogen) atoms. The minimum atomic E-state index is -0.184. The number of nitrogen functional groups attached to an aromatic ring is 1. The number of rotatable bonds is 5. The lowest BCUT2D eigenvalue weighted by molar-refractivity contribution is 0.0945. The maximum Gasteiger partial charge on any atom is 0.273 e. The van der Waals surface area contributed by atoms with E-state index >= 15 is 0 Å². The van der Waals surface area contributed by atoms with E-state index in [0.29, 0.717) is 24.0 Å². The first-order chi connectivity index (χ1) is 9.08. The normalized spacial score (nSPS) is 16.2. The van der Waals surface area contributed by atoms with E-state index in [1.807, 2.05) is 23.7 Å². The van der Waals surface area contributed by atoms with E-state index in [2.05, 4.69) is 10.4 Å². The predicted octanol–water partition coefficient (Wildman–Crippen LogP) is 0.872. The first-order valence-electron chi connectivity index (χ1n) is 6.85. The number of anilines is 1. The number of carbonyl (C=O) groups is 1. The maximum absolute atomic E-state index is 12.0. The number of carbonyl (C=O) groups excluding carboxylic acids is 1. The molecule has 0 spiro atoms. The van der Waals surface area contributed by atoms with Crippen molar-refractivity contribution >= 4 is 11.6 Å². The molecule has 1 amide bonds. The van der Waals surface area contributed by atoms with Crippen molar-refractivity contribution in [3.8, 4) is 0 Å². The number of aromatic nitrogens is 2. The van der Waals surface area contributed by atoms with E-state index in [4.69, 9.17) is 5.73 Å². The average molecular weight is 265 g/mol. The molecule has 2 rings (SSSR count). The number of nitrogens with one attached hydrogen (secondary N) is 1. The maximum atomic E-state index is 12.0. The zero-order chi connectivity index (χ0) is 13.8. The van der Waals surface area contributed by atoms with Gasteiger partial charge in [-0.3, -0.25) is 9.48 Å². The van der Waals surface area contributed by atoms with Crippen LogP contribution in [-0.4, -0.2) is 47.8 Å². The highest BCUT2D eigenvalue weighted by Gasteiger charge is 2.21. The fourth-order valence-corrected chi connectivity index (χ4v) is 2.41. The van der Waals surface area contributed by atoms with Gasteiger partial charge in [-0.1, -0.05) is 12.8 Å². The second kappa shape index (κ2) is 6.06. The quantitative estimate of drug-likeness (QED) is 0.828. The Hall–Kier alpha value is -1.56. The molecule has 1 fully saturated rings. The highest BCUT2D eigenvalue weighted by Crippen LogP contribution is 2.29. The Morgan fingerprint density at radius 1 is 1.53 bits per heavy atom. The lowest BCUT2D eigenvalue weighted by atomic mass is 10.3. The fourth-order valence-electron chi connectivity index (χ4n) is 2.41. The highest BCUT2D eigenvalue weighted by atomic mass is 16.2. The summed E-state index contributed by atoms with van der Waals surface area (Å²) < 4.78 is 1.86. The van der Waals surface area contributed by atoms with Crippen molar-refractivity contribution in [2.24, 2.45) is 0 Å². The van der Waals surface area contributed by atoms with Crippen molar-refractivity contribution in [1.82, 2.24) is 20.0 Å². The van der Waals surface area contributed by atoms with Gasteiger partial charge in [0.25, 0.3) is 5.91 Å². The highest BCUT2D eigenvalue weighted by molar-refractivity contribution is 5.96. The number of nitrogens with two attached hydrogens (primary N) is 1. The van der Waals surface area contributed by atoms with Gasteiger partial charge in [-0.15, -0.1) is 0 Å². The van der Waals surface area contributed by atoms with Gasteiger partial charge in [-0.2, -0.15) is 5.10 Å². The average Bonchev–Trinajstić information content (AvgIpc) is 2.96. The lowest BCUT2D eigenvalue weighted by Gasteiger charge is -2.10. The zero-order valence-electron chi connectivity index (χ0n) is 11.7. The van der Waals surface area contributed by atoms with Crippen LogP contribution in [0.15, 0.2) is 6.20 Å². The van der Waals surface area contributed by atoms with Crippen LogP contribution in [0, 0.1) is 0 Å². The predicted molar refractivity (Wildman–Crippen MR) is 75.0 cm³/mol. The topological polar surface area (TPSA) is 76.2 Å². The summed E-state index contributed by atoms with van der Waals surface area (Å²) in [5, 5.41) is 7.19. The zero-order valence-corrected chi connectivity index (χ0v) is 11.7. The van der Waals surface area contributed by atoms with Crippen molar-refractivity contribution in [3.05, 3.63) is 11.9 Å². The molecule has 0 bridgehead atoms. The number of nitrogens with zero attached hydrogens (tertiary/aromatic N) is 3. The summed E-state index contributed by atoms with van der Waals surface area (Å²) in [5.74, 6) is -0.184. The molecule has 1 aromatic heterocycles. The molecule has 0 radical (unpaired) electrons. The number of hydrogen-bond acceptors (Lipinski definition) is 4.